The van der Waals surface area contributed by atoms with Crippen molar-refractivity contribution in [2.24, 2.45) is 0 Å². The van der Waals surface area contributed by atoms with Crippen molar-refractivity contribution in [3.63, 3.8) is 0 Å². The first-order valence-corrected chi connectivity index (χ1v) is 16.4. The van der Waals surface area contributed by atoms with Crippen LogP contribution < -0.4 is 4.74 Å². The van der Waals surface area contributed by atoms with E-state index in [-0.39, 0.29) is 36.9 Å². The number of alkyl halides is 3. The van der Waals surface area contributed by atoms with Gasteiger partial charge in [-0.25, -0.2) is 18.9 Å². The van der Waals surface area contributed by atoms with Crippen LogP contribution in [0.1, 0.15) is 54.6 Å². The molecule has 4 aromatic carbocycles. The van der Waals surface area contributed by atoms with Crippen molar-refractivity contribution in [2.75, 3.05) is 13.1 Å². The van der Waals surface area contributed by atoms with Gasteiger partial charge in [0.15, 0.2) is 0 Å². The van der Waals surface area contributed by atoms with Crippen LogP contribution in [0.25, 0.3) is 11.1 Å². The average Bonchev–Trinajstić information content (AvgIpc) is 3.07. The monoisotopic (exact) mass is 726 g/mol. The predicted octanol–water partition coefficient (Wildman–Crippen LogP) is 9.33. The Kier molecular flexibility index (Phi) is 10.9. The molecule has 1 N–H and O–H groups in total. The number of benzene rings is 4. The number of amides is 3. The van der Waals surface area contributed by atoms with Gasteiger partial charge in [-0.3, -0.25) is 9.69 Å². The van der Waals surface area contributed by atoms with E-state index in [1.165, 1.54) is 29.2 Å². The van der Waals surface area contributed by atoms with Gasteiger partial charge in [-0.05, 0) is 103 Å². The molecule has 0 spiro atoms. The minimum Gasteiger partial charge on any atom is -0.489 e. The van der Waals surface area contributed by atoms with Crippen LogP contribution >= 0.6 is 11.6 Å². The molecule has 0 saturated heterocycles. The van der Waals surface area contributed by atoms with E-state index in [0.29, 0.717) is 33.6 Å². The zero-order chi connectivity index (χ0) is 37.1. The summed E-state index contributed by atoms with van der Waals surface area (Å²) in [4.78, 5) is 42.1. The summed E-state index contributed by atoms with van der Waals surface area (Å²) in [6, 6.07) is 19.5. The van der Waals surface area contributed by atoms with E-state index in [1.807, 2.05) is 0 Å². The molecule has 8 nitrogen and oxygen atoms in total. The molecule has 0 bridgehead atoms. The highest BCUT2D eigenvalue weighted by molar-refractivity contribution is 6.31. The quantitative estimate of drug-likeness (QED) is 0.182. The minimum absolute atomic E-state index is 0.0188. The number of nitrogens with zero attached hydrogens (tertiary/aromatic N) is 2. The first-order chi connectivity index (χ1) is 24.0. The number of hydrogen-bond acceptors (Lipinski definition) is 5. The van der Waals surface area contributed by atoms with Gasteiger partial charge in [0, 0.05) is 13.1 Å². The van der Waals surface area contributed by atoms with Gasteiger partial charge in [-0.2, -0.15) is 13.2 Å². The van der Waals surface area contributed by atoms with Gasteiger partial charge in [0.05, 0.1) is 10.6 Å². The third kappa shape index (κ3) is 9.18. The second-order valence-electron chi connectivity index (χ2n) is 13.0. The predicted molar refractivity (Wildman–Crippen MR) is 182 cm³/mol. The van der Waals surface area contributed by atoms with Crippen molar-refractivity contribution in [1.82, 2.24) is 9.80 Å². The minimum atomic E-state index is -4.48. The lowest BCUT2D eigenvalue weighted by atomic mass is 9.91. The Hall–Kier alpha value is -5.10. The molecule has 1 aliphatic heterocycles. The molecule has 0 unspecified atom stereocenters. The Balaban J connectivity index is 1.39. The molecule has 1 atom stereocenters. The molecule has 51 heavy (non-hydrogen) atoms. The molecule has 3 amide bonds. The molecule has 0 fully saturated rings. The fourth-order valence-electron chi connectivity index (χ4n) is 5.65. The van der Waals surface area contributed by atoms with E-state index in [2.05, 4.69) is 0 Å². The highest BCUT2D eigenvalue weighted by Crippen LogP contribution is 2.36. The third-order valence-electron chi connectivity index (χ3n) is 8.22. The molecule has 1 heterocycles. The number of hydrogen-bond donors (Lipinski definition) is 1. The zero-order valence-electron chi connectivity index (χ0n) is 28.0. The first-order valence-electron chi connectivity index (χ1n) is 16.0. The number of fused-ring (bicyclic) bond motifs is 1. The number of ether oxygens (including phenoxy) is 2. The highest BCUT2D eigenvalue weighted by atomic mass is 35.5. The van der Waals surface area contributed by atoms with Crippen molar-refractivity contribution < 1.29 is 46.5 Å². The van der Waals surface area contributed by atoms with Gasteiger partial charge in [0.2, 0.25) is 0 Å². The zero-order valence-corrected chi connectivity index (χ0v) is 28.7. The van der Waals surface area contributed by atoms with Crippen LogP contribution in [0.2, 0.25) is 5.02 Å². The maximum Gasteiger partial charge on any atom is 0.416 e. The van der Waals surface area contributed by atoms with Crippen molar-refractivity contribution in [3.05, 3.63) is 124 Å². The van der Waals surface area contributed by atoms with Crippen LogP contribution in [0.3, 0.4) is 0 Å². The number of carbonyl (C=O) groups is 3. The number of imide groups is 1. The molecule has 0 saturated carbocycles. The number of carboxylic acid groups (broad SMARTS) is 1. The van der Waals surface area contributed by atoms with Gasteiger partial charge in [0.1, 0.15) is 29.8 Å². The molecule has 268 valence electrons. The fraction of sp³-hybridized carbons (Fsp3) is 0.289. The Morgan fingerprint density at radius 2 is 1.55 bits per heavy atom. The second-order valence-corrected chi connectivity index (χ2v) is 13.4. The van der Waals surface area contributed by atoms with Gasteiger partial charge >= 0.3 is 18.4 Å². The number of halogens is 5. The third-order valence-corrected chi connectivity index (χ3v) is 8.51. The number of carbonyl (C=O) groups excluding carboxylic acids is 2. The first kappa shape index (κ1) is 37.2. The Bertz CT molecular complexity index is 1910. The Morgan fingerprint density at radius 1 is 0.902 bits per heavy atom. The molecular weight excluding hydrogens is 692 g/mol. The fourth-order valence-corrected chi connectivity index (χ4v) is 5.83. The van der Waals surface area contributed by atoms with Crippen LogP contribution in [0.15, 0.2) is 84.9 Å². The molecular formula is C38H35ClF4N2O6. The second kappa shape index (κ2) is 15.0. The molecule has 0 aliphatic carbocycles. The normalized spacial score (nSPS) is 14.4. The van der Waals surface area contributed by atoms with Crippen LogP contribution in [0.4, 0.5) is 27.2 Å². The molecule has 4 aromatic rings. The summed E-state index contributed by atoms with van der Waals surface area (Å²) in [5.41, 5.74) is 1.97. The lowest BCUT2D eigenvalue weighted by molar-refractivity contribution is -0.137. The summed E-state index contributed by atoms with van der Waals surface area (Å²) in [6.45, 7) is 4.78. The van der Waals surface area contributed by atoms with Gasteiger partial charge < -0.3 is 14.6 Å². The van der Waals surface area contributed by atoms with E-state index < -0.39 is 47.3 Å². The van der Waals surface area contributed by atoms with E-state index >= 15 is 0 Å². The summed E-state index contributed by atoms with van der Waals surface area (Å²) in [5, 5.41) is 10.2. The van der Waals surface area contributed by atoms with E-state index in [0.717, 1.165) is 23.3 Å². The van der Waals surface area contributed by atoms with Crippen LogP contribution in [0, 0.1) is 5.82 Å². The largest absolute Gasteiger partial charge is 0.489 e. The molecule has 0 aromatic heterocycles. The smallest absolute Gasteiger partial charge is 0.416 e. The summed E-state index contributed by atoms with van der Waals surface area (Å²) in [6.07, 6.45) is -6.29. The van der Waals surface area contributed by atoms with Crippen LogP contribution in [0.5, 0.6) is 5.75 Å². The molecule has 5 rings (SSSR count). The highest BCUT2D eigenvalue weighted by Gasteiger charge is 2.42. The standard InChI is InChI=1S/C38H35ClF4N2O6/c1-37(2,3)51-36(49)44-19-17-26-10-14-29(50-22-24-6-12-28(13-7-24)38(41,42)43)21-30(26)33(44)34(46)45(35(47)48)18-16-23-4-8-25(9-5-23)27-11-15-32(40)31(39)20-27/h4-15,20-21,33H,16-19,22H2,1-3H3,(H,47,48)/t33-/m0/s1. The maximum absolute atomic E-state index is 14.2. The van der Waals surface area contributed by atoms with Crippen molar-refractivity contribution in [2.45, 2.75) is 58.0 Å². The molecule has 0 radical (unpaired) electrons. The summed E-state index contributed by atoms with van der Waals surface area (Å²) >= 11 is 5.92. The SMILES string of the molecule is CC(C)(C)OC(=O)N1CCc2ccc(OCc3ccc(C(F)(F)F)cc3)cc2[C@H]1C(=O)N(CCc1ccc(-c2ccc(F)c(Cl)c2)cc1)C(=O)O. The summed E-state index contributed by atoms with van der Waals surface area (Å²) in [7, 11) is 0. The lowest BCUT2D eigenvalue weighted by Gasteiger charge is -2.38. The number of rotatable bonds is 8. The van der Waals surface area contributed by atoms with E-state index in [1.54, 1.807) is 69.3 Å². The molecule has 1 aliphatic rings. The van der Waals surface area contributed by atoms with Crippen LogP contribution in [-0.4, -0.2) is 51.7 Å². The topological polar surface area (TPSA) is 96.4 Å². The Labute approximate surface area is 297 Å². The summed E-state index contributed by atoms with van der Waals surface area (Å²) in [5.74, 6) is -1.14. The van der Waals surface area contributed by atoms with Gasteiger partial charge in [0.25, 0.3) is 5.91 Å². The van der Waals surface area contributed by atoms with Crippen LogP contribution in [-0.2, 0) is 35.2 Å². The van der Waals surface area contributed by atoms with Gasteiger partial charge in [-0.1, -0.05) is 60.1 Å². The average molecular weight is 727 g/mol. The van der Waals surface area contributed by atoms with E-state index in [9.17, 15) is 37.1 Å². The van der Waals surface area contributed by atoms with Gasteiger partial charge in [-0.15, -0.1) is 0 Å². The Morgan fingerprint density at radius 3 is 2.16 bits per heavy atom. The maximum atomic E-state index is 14.2. The van der Waals surface area contributed by atoms with Crippen molar-refractivity contribution >= 4 is 29.7 Å². The van der Waals surface area contributed by atoms with Crippen molar-refractivity contribution in [1.29, 1.82) is 0 Å². The van der Waals surface area contributed by atoms with E-state index in [4.69, 9.17) is 21.1 Å². The lowest BCUT2D eigenvalue weighted by Crippen LogP contribution is -2.51. The summed E-state index contributed by atoms with van der Waals surface area (Å²) < 4.78 is 64.1. The van der Waals surface area contributed by atoms with Crippen molar-refractivity contribution in [3.8, 4) is 16.9 Å². The molecule has 13 heteroatoms.